The molecule has 94 valence electrons. The van der Waals surface area contributed by atoms with Gasteiger partial charge < -0.3 is 10.7 Å². The summed E-state index contributed by atoms with van der Waals surface area (Å²) in [5, 5.41) is 6.45. The van der Waals surface area contributed by atoms with E-state index in [0.717, 1.165) is 5.56 Å². The number of hydrogen-bond acceptors (Lipinski definition) is 5. The smallest absolute Gasteiger partial charge is 0.254 e. The van der Waals surface area contributed by atoms with E-state index >= 15 is 0 Å². The molecule has 4 N–H and O–H groups in total. The number of nitrogen functional groups attached to an aromatic ring is 1. The molecule has 7 heteroatoms. The summed E-state index contributed by atoms with van der Waals surface area (Å²) in [5.41, 5.74) is 2.98. The molecular formula is C11H11FN4OS. The minimum atomic E-state index is -0.761. The van der Waals surface area contributed by atoms with E-state index in [1.54, 1.807) is 0 Å². The number of hydrazine groups is 1. The van der Waals surface area contributed by atoms with Crippen molar-refractivity contribution in [2.45, 2.75) is 6.54 Å². The van der Waals surface area contributed by atoms with Crippen molar-refractivity contribution in [2.24, 2.45) is 5.84 Å². The first-order chi connectivity index (χ1) is 8.72. The Morgan fingerprint density at radius 1 is 1.50 bits per heavy atom. The van der Waals surface area contributed by atoms with Crippen LogP contribution in [0, 0.1) is 5.82 Å². The molecule has 2 aromatic rings. The van der Waals surface area contributed by atoms with Crippen LogP contribution in [0.3, 0.4) is 0 Å². The molecule has 0 aliphatic heterocycles. The lowest BCUT2D eigenvalue weighted by molar-refractivity contribution is 0.0947. The van der Waals surface area contributed by atoms with Gasteiger partial charge in [0.05, 0.1) is 5.56 Å². The predicted octanol–water partition coefficient (Wildman–Crippen LogP) is 1.50. The highest BCUT2D eigenvalue weighted by Crippen LogP contribution is 2.14. The Bertz CT molecular complexity index is 544. The molecule has 0 atom stereocenters. The summed E-state index contributed by atoms with van der Waals surface area (Å²) < 4.78 is 13.7. The van der Waals surface area contributed by atoms with Crippen LogP contribution in [-0.2, 0) is 6.54 Å². The van der Waals surface area contributed by atoms with Crippen molar-refractivity contribution in [2.75, 3.05) is 5.43 Å². The molecule has 2 aromatic heterocycles. The Kier molecular flexibility index (Phi) is 3.85. The molecule has 0 bridgehead atoms. The number of hydrogen-bond donors (Lipinski definition) is 3. The molecule has 0 radical (unpaired) electrons. The molecule has 0 saturated carbocycles. The highest BCUT2D eigenvalue weighted by atomic mass is 32.1. The lowest BCUT2D eigenvalue weighted by Gasteiger charge is -2.07. The van der Waals surface area contributed by atoms with Gasteiger partial charge in [0.1, 0.15) is 0 Å². The van der Waals surface area contributed by atoms with Crippen LogP contribution in [0.4, 0.5) is 10.2 Å². The minimum absolute atomic E-state index is 0.0896. The number of rotatable bonds is 4. The van der Waals surface area contributed by atoms with Gasteiger partial charge in [0.15, 0.2) is 11.6 Å². The van der Waals surface area contributed by atoms with Crippen molar-refractivity contribution >= 4 is 23.1 Å². The lowest BCUT2D eigenvalue weighted by atomic mass is 10.2. The van der Waals surface area contributed by atoms with Crippen LogP contribution in [0.25, 0.3) is 0 Å². The SMILES string of the molecule is NNc1nccc(C(=O)NCc2ccsc2)c1F. The van der Waals surface area contributed by atoms with Gasteiger partial charge in [0.25, 0.3) is 5.91 Å². The van der Waals surface area contributed by atoms with Crippen molar-refractivity contribution in [3.8, 4) is 0 Å². The van der Waals surface area contributed by atoms with E-state index in [-0.39, 0.29) is 11.4 Å². The second-order valence-corrected chi connectivity index (χ2v) is 4.26. The maximum Gasteiger partial charge on any atom is 0.254 e. The van der Waals surface area contributed by atoms with Crippen LogP contribution in [0.2, 0.25) is 0 Å². The van der Waals surface area contributed by atoms with Gasteiger partial charge in [-0.2, -0.15) is 11.3 Å². The van der Waals surface area contributed by atoms with Crippen LogP contribution in [0.5, 0.6) is 0 Å². The van der Waals surface area contributed by atoms with E-state index in [9.17, 15) is 9.18 Å². The highest BCUT2D eigenvalue weighted by molar-refractivity contribution is 7.07. The number of carbonyl (C=O) groups excluding carboxylic acids is 1. The second-order valence-electron chi connectivity index (χ2n) is 3.48. The van der Waals surface area contributed by atoms with Gasteiger partial charge in [0.2, 0.25) is 0 Å². The molecule has 1 amide bonds. The largest absolute Gasteiger partial charge is 0.348 e. The van der Waals surface area contributed by atoms with E-state index in [1.807, 2.05) is 16.8 Å². The standard InChI is InChI=1S/C11H11FN4OS/c12-9-8(1-3-14-10(9)16-13)11(17)15-5-7-2-4-18-6-7/h1-4,6H,5,13H2,(H,14,16)(H,15,17). The third-order valence-corrected chi connectivity index (χ3v) is 3.04. The fourth-order valence-electron chi connectivity index (χ4n) is 1.39. The van der Waals surface area contributed by atoms with Crippen LogP contribution in [-0.4, -0.2) is 10.9 Å². The van der Waals surface area contributed by atoms with Gasteiger partial charge in [-0.1, -0.05) is 0 Å². The molecule has 0 unspecified atom stereocenters. The fraction of sp³-hybridized carbons (Fsp3) is 0.0909. The van der Waals surface area contributed by atoms with E-state index in [2.05, 4.69) is 15.7 Å². The molecule has 0 saturated heterocycles. The predicted molar refractivity (Wildman–Crippen MR) is 67.5 cm³/mol. The molecule has 2 rings (SSSR count). The van der Waals surface area contributed by atoms with Crippen molar-refractivity contribution in [1.29, 1.82) is 0 Å². The van der Waals surface area contributed by atoms with Crippen molar-refractivity contribution in [3.63, 3.8) is 0 Å². The van der Waals surface area contributed by atoms with E-state index in [0.29, 0.717) is 6.54 Å². The van der Waals surface area contributed by atoms with Crippen molar-refractivity contribution in [3.05, 3.63) is 46.0 Å². The Balaban J connectivity index is 2.09. The topological polar surface area (TPSA) is 80.0 Å². The number of carbonyl (C=O) groups is 1. The number of nitrogens with zero attached hydrogens (tertiary/aromatic N) is 1. The first kappa shape index (κ1) is 12.5. The fourth-order valence-corrected chi connectivity index (χ4v) is 2.06. The van der Waals surface area contributed by atoms with Gasteiger partial charge in [-0.25, -0.2) is 15.2 Å². The molecule has 5 nitrogen and oxygen atoms in total. The zero-order chi connectivity index (χ0) is 13.0. The molecule has 2 heterocycles. The van der Waals surface area contributed by atoms with Gasteiger partial charge in [-0.3, -0.25) is 4.79 Å². The van der Waals surface area contributed by atoms with Crippen LogP contribution >= 0.6 is 11.3 Å². The number of anilines is 1. The zero-order valence-corrected chi connectivity index (χ0v) is 10.1. The lowest BCUT2D eigenvalue weighted by Crippen LogP contribution is -2.24. The summed E-state index contributed by atoms with van der Waals surface area (Å²) in [7, 11) is 0. The Morgan fingerprint density at radius 2 is 2.33 bits per heavy atom. The van der Waals surface area contributed by atoms with Crippen LogP contribution in [0.1, 0.15) is 15.9 Å². The number of nitrogens with two attached hydrogens (primary N) is 1. The van der Waals surface area contributed by atoms with Crippen LogP contribution in [0.15, 0.2) is 29.1 Å². The zero-order valence-electron chi connectivity index (χ0n) is 9.31. The maximum atomic E-state index is 13.7. The van der Waals surface area contributed by atoms with Crippen molar-refractivity contribution in [1.82, 2.24) is 10.3 Å². The molecule has 0 aliphatic carbocycles. The highest BCUT2D eigenvalue weighted by Gasteiger charge is 2.15. The molecule has 18 heavy (non-hydrogen) atoms. The number of pyridine rings is 1. The summed E-state index contributed by atoms with van der Waals surface area (Å²) in [4.78, 5) is 15.4. The van der Waals surface area contributed by atoms with Gasteiger partial charge in [0, 0.05) is 12.7 Å². The van der Waals surface area contributed by atoms with Crippen molar-refractivity contribution < 1.29 is 9.18 Å². The molecule has 0 spiro atoms. The number of aromatic nitrogens is 1. The quantitative estimate of drug-likeness (QED) is 0.578. The maximum absolute atomic E-state index is 13.7. The summed E-state index contributed by atoms with van der Waals surface area (Å²) in [6.07, 6.45) is 1.32. The number of amides is 1. The summed E-state index contributed by atoms with van der Waals surface area (Å²) >= 11 is 1.53. The average molecular weight is 266 g/mol. The first-order valence-electron chi connectivity index (χ1n) is 5.12. The monoisotopic (exact) mass is 266 g/mol. The Labute approximate surface area is 107 Å². The number of halogens is 1. The number of thiophene rings is 1. The summed E-state index contributed by atoms with van der Waals surface area (Å²) in [6, 6.07) is 3.19. The van der Waals surface area contributed by atoms with Gasteiger partial charge in [-0.15, -0.1) is 0 Å². The minimum Gasteiger partial charge on any atom is -0.348 e. The average Bonchev–Trinajstić information content (AvgIpc) is 2.89. The summed E-state index contributed by atoms with van der Waals surface area (Å²) in [6.45, 7) is 0.357. The Morgan fingerprint density at radius 3 is 3.00 bits per heavy atom. The molecular weight excluding hydrogens is 255 g/mol. The number of nitrogens with one attached hydrogen (secondary N) is 2. The first-order valence-corrected chi connectivity index (χ1v) is 6.07. The van der Waals surface area contributed by atoms with Gasteiger partial charge in [-0.05, 0) is 28.5 Å². The van der Waals surface area contributed by atoms with E-state index in [4.69, 9.17) is 5.84 Å². The second kappa shape index (κ2) is 5.56. The molecule has 0 aromatic carbocycles. The normalized spacial score (nSPS) is 10.1. The van der Waals surface area contributed by atoms with Crippen LogP contribution < -0.4 is 16.6 Å². The third kappa shape index (κ3) is 2.63. The molecule has 0 aliphatic rings. The Hall–Kier alpha value is -1.99. The van der Waals surface area contributed by atoms with E-state index in [1.165, 1.54) is 23.6 Å². The summed E-state index contributed by atoms with van der Waals surface area (Å²) in [5.74, 6) is 3.67. The molecule has 0 fully saturated rings. The van der Waals surface area contributed by atoms with Gasteiger partial charge >= 0.3 is 0 Å². The third-order valence-electron chi connectivity index (χ3n) is 2.30. The van der Waals surface area contributed by atoms with E-state index < -0.39 is 11.7 Å².